The number of hydrogen-bond acceptors (Lipinski definition) is 5. The number of rotatable bonds is 2. The van der Waals surface area contributed by atoms with E-state index in [1.54, 1.807) is 0 Å². The van der Waals surface area contributed by atoms with Gasteiger partial charge in [0, 0.05) is 30.9 Å². The molecule has 2 aliphatic heterocycles. The number of nitrogens with zero attached hydrogens (tertiary/aromatic N) is 4. The largest absolute Gasteiger partial charge is 0.378 e. The van der Waals surface area contributed by atoms with Crippen LogP contribution in [0.15, 0.2) is 30.3 Å². The Labute approximate surface area is 134 Å². The predicted molar refractivity (Wildman–Crippen MR) is 87.2 cm³/mol. The topological polar surface area (TPSA) is 41.5 Å². The highest BCUT2D eigenvalue weighted by molar-refractivity contribution is 6.30. The summed E-state index contributed by atoms with van der Waals surface area (Å²) in [7, 11) is 0. The molecule has 0 atom stereocenters. The van der Waals surface area contributed by atoms with E-state index in [1.807, 2.05) is 18.2 Å². The maximum absolute atomic E-state index is 6.41. The second kappa shape index (κ2) is 5.74. The zero-order valence-electron chi connectivity index (χ0n) is 12.2. The summed E-state index contributed by atoms with van der Waals surface area (Å²) in [5.74, 6) is 1.64. The zero-order valence-corrected chi connectivity index (χ0v) is 13.0. The molecule has 0 spiro atoms. The van der Waals surface area contributed by atoms with E-state index in [0.29, 0.717) is 24.3 Å². The van der Waals surface area contributed by atoms with Crippen molar-refractivity contribution in [2.75, 3.05) is 42.6 Å². The lowest BCUT2D eigenvalue weighted by Crippen LogP contribution is -2.37. The summed E-state index contributed by atoms with van der Waals surface area (Å²) in [6, 6.07) is 10.3. The number of hydrogen-bond donors (Lipinski definition) is 0. The van der Waals surface area contributed by atoms with Crippen LogP contribution in [0.5, 0.6) is 0 Å². The van der Waals surface area contributed by atoms with Gasteiger partial charge in [0.15, 0.2) is 0 Å². The van der Waals surface area contributed by atoms with Crippen molar-refractivity contribution in [3.8, 4) is 0 Å². The molecule has 0 saturated carbocycles. The van der Waals surface area contributed by atoms with Gasteiger partial charge in [-0.15, -0.1) is 0 Å². The molecule has 1 saturated heterocycles. The van der Waals surface area contributed by atoms with Gasteiger partial charge in [0.2, 0.25) is 5.95 Å². The molecule has 0 aliphatic carbocycles. The Morgan fingerprint density at radius 3 is 2.55 bits per heavy atom. The first-order chi connectivity index (χ1) is 10.8. The first-order valence-electron chi connectivity index (χ1n) is 7.54. The second-order valence-corrected chi connectivity index (χ2v) is 5.81. The fraction of sp³-hybridized carbons (Fsp3) is 0.375. The molecule has 0 amide bonds. The van der Waals surface area contributed by atoms with Crippen LogP contribution in [0, 0.1) is 0 Å². The molecule has 2 aromatic rings. The minimum absolute atomic E-state index is 0.574. The number of aromatic nitrogens is 2. The van der Waals surface area contributed by atoms with E-state index in [1.165, 1.54) is 0 Å². The van der Waals surface area contributed by atoms with Crippen LogP contribution < -0.4 is 9.80 Å². The van der Waals surface area contributed by atoms with E-state index in [4.69, 9.17) is 21.3 Å². The lowest BCUT2D eigenvalue weighted by molar-refractivity contribution is 0.122. The van der Waals surface area contributed by atoms with Crippen LogP contribution in [0.2, 0.25) is 5.15 Å². The van der Waals surface area contributed by atoms with E-state index in [0.717, 1.165) is 43.1 Å². The van der Waals surface area contributed by atoms with Gasteiger partial charge in [-0.2, -0.15) is 4.98 Å². The van der Waals surface area contributed by atoms with Crippen molar-refractivity contribution in [1.29, 1.82) is 0 Å². The molecule has 0 unspecified atom stereocenters. The lowest BCUT2D eigenvalue weighted by Gasteiger charge is -2.28. The molecular formula is C16H17ClN4O. The molecule has 0 N–H and O–H groups in total. The quantitative estimate of drug-likeness (QED) is 0.797. The summed E-state index contributed by atoms with van der Waals surface area (Å²) in [6.07, 6.45) is 0.881. The third-order valence-corrected chi connectivity index (χ3v) is 4.44. The van der Waals surface area contributed by atoms with Crippen molar-refractivity contribution in [3.05, 3.63) is 41.0 Å². The van der Waals surface area contributed by atoms with Crippen molar-refractivity contribution >= 4 is 29.1 Å². The summed E-state index contributed by atoms with van der Waals surface area (Å²) in [5.41, 5.74) is 2.19. The molecule has 3 heterocycles. The Morgan fingerprint density at radius 1 is 1.00 bits per heavy atom. The van der Waals surface area contributed by atoms with E-state index in [9.17, 15) is 0 Å². The van der Waals surface area contributed by atoms with E-state index >= 15 is 0 Å². The maximum atomic E-state index is 6.41. The van der Waals surface area contributed by atoms with Crippen molar-refractivity contribution in [1.82, 2.24) is 9.97 Å². The molecule has 22 heavy (non-hydrogen) atoms. The molecule has 114 valence electrons. The Bertz CT molecular complexity index is 673. The van der Waals surface area contributed by atoms with Gasteiger partial charge < -0.3 is 14.5 Å². The van der Waals surface area contributed by atoms with Crippen molar-refractivity contribution in [2.45, 2.75) is 6.42 Å². The molecule has 1 fully saturated rings. The van der Waals surface area contributed by atoms with Gasteiger partial charge in [0.1, 0.15) is 11.0 Å². The zero-order chi connectivity index (χ0) is 14.9. The highest BCUT2D eigenvalue weighted by Gasteiger charge is 2.27. The van der Waals surface area contributed by atoms with Gasteiger partial charge in [0.05, 0.1) is 13.2 Å². The first-order valence-corrected chi connectivity index (χ1v) is 7.92. The molecular weight excluding hydrogens is 300 g/mol. The molecule has 0 bridgehead atoms. The molecule has 1 aromatic heterocycles. The van der Waals surface area contributed by atoms with Crippen LogP contribution in [-0.4, -0.2) is 42.8 Å². The minimum Gasteiger partial charge on any atom is -0.378 e. The Hall–Kier alpha value is -1.85. The van der Waals surface area contributed by atoms with Gasteiger partial charge in [-0.3, -0.25) is 0 Å². The summed E-state index contributed by atoms with van der Waals surface area (Å²) in [4.78, 5) is 13.6. The number of para-hydroxylation sites is 1. The van der Waals surface area contributed by atoms with E-state index < -0.39 is 0 Å². The molecule has 1 aromatic carbocycles. The van der Waals surface area contributed by atoms with Gasteiger partial charge in [-0.05, 0) is 18.6 Å². The smallest absolute Gasteiger partial charge is 0.228 e. The number of halogens is 1. The van der Waals surface area contributed by atoms with Gasteiger partial charge in [0.25, 0.3) is 0 Å². The third kappa shape index (κ3) is 2.40. The predicted octanol–water partition coefficient (Wildman–Crippen LogP) is 2.66. The normalized spacial score (nSPS) is 17.7. The maximum Gasteiger partial charge on any atom is 0.228 e. The highest BCUT2D eigenvalue weighted by atomic mass is 35.5. The van der Waals surface area contributed by atoms with E-state index in [-0.39, 0.29) is 0 Å². The number of benzene rings is 1. The Kier molecular flexibility index (Phi) is 3.60. The van der Waals surface area contributed by atoms with Crippen LogP contribution in [0.25, 0.3) is 0 Å². The van der Waals surface area contributed by atoms with Gasteiger partial charge in [-0.25, -0.2) is 4.98 Å². The molecule has 2 aliphatic rings. The Balaban J connectivity index is 1.73. The van der Waals surface area contributed by atoms with Crippen LogP contribution in [-0.2, 0) is 11.2 Å². The summed E-state index contributed by atoms with van der Waals surface area (Å²) in [5, 5.41) is 0.574. The van der Waals surface area contributed by atoms with Crippen LogP contribution in [0.1, 0.15) is 5.56 Å². The average Bonchev–Trinajstić information content (AvgIpc) is 3.01. The fourth-order valence-electron chi connectivity index (χ4n) is 2.97. The minimum atomic E-state index is 0.574. The van der Waals surface area contributed by atoms with Crippen LogP contribution in [0.4, 0.5) is 17.5 Å². The van der Waals surface area contributed by atoms with E-state index in [2.05, 4.69) is 26.9 Å². The standard InChI is InChI=1S/C16H17ClN4O/c17-14-13-6-7-21(12-4-2-1-3-5-12)15(13)19-16(18-14)20-8-10-22-11-9-20/h1-5H,6-11H2. The second-order valence-electron chi connectivity index (χ2n) is 5.45. The monoisotopic (exact) mass is 316 g/mol. The van der Waals surface area contributed by atoms with Crippen molar-refractivity contribution in [2.24, 2.45) is 0 Å². The average molecular weight is 317 g/mol. The van der Waals surface area contributed by atoms with Crippen molar-refractivity contribution in [3.63, 3.8) is 0 Å². The first kappa shape index (κ1) is 13.8. The third-order valence-electron chi connectivity index (χ3n) is 4.13. The number of ether oxygens (including phenoxy) is 1. The highest BCUT2D eigenvalue weighted by Crippen LogP contribution is 2.37. The van der Waals surface area contributed by atoms with Gasteiger partial charge >= 0.3 is 0 Å². The number of fused-ring (bicyclic) bond motifs is 1. The fourth-order valence-corrected chi connectivity index (χ4v) is 3.22. The molecule has 5 nitrogen and oxygen atoms in total. The molecule has 4 rings (SSSR count). The Morgan fingerprint density at radius 2 is 1.77 bits per heavy atom. The number of morpholine rings is 1. The molecule has 6 heteroatoms. The lowest BCUT2D eigenvalue weighted by atomic mass is 10.3. The summed E-state index contributed by atoms with van der Waals surface area (Å²) >= 11 is 6.41. The van der Waals surface area contributed by atoms with Crippen LogP contribution in [0.3, 0.4) is 0 Å². The molecule has 0 radical (unpaired) electrons. The summed E-state index contributed by atoms with van der Waals surface area (Å²) < 4.78 is 5.39. The van der Waals surface area contributed by atoms with Crippen LogP contribution >= 0.6 is 11.6 Å². The van der Waals surface area contributed by atoms with Crippen molar-refractivity contribution < 1.29 is 4.74 Å². The SMILES string of the molecule is Clc1nc(N2CCOCC2)nc2c1CCN2c1ccccc1. The van der Waals surface area contributed by atoms with Gasteiger partial charge in [-0.1, -0.05) is 29.8 Å². The summed E-state index contributed by atoms with van der Waals surface area (Å²) in [6.45, 7) is 3.92. The number of anilines is 3.